The van der Waals surface area contributed by atoms with Crippen LogP contribution in [0.25, 0.3) is 0 Å². The van der Waals surface area contributed by atoms with Crippen LogP contribution in [-0.4, -0.2) is 36.3 Å². The van der Waals surface area contributed by atoms with E-state index in [0.717, 1.165) is 18.2 Å². The molecular formula is C12H14O7S. The first-order valence-electron chi connectivity index (χ1n) is 5.79. The number of hydrogen-bond donors (Lipinski definition) is 2. The van der Waals surface area contributed by atoms with Gasteiger partial charge in [0, 0.05) is 0 Å². The predicted octanol–water partition coefficient (Wildman–Crippen LogP) is 1.59. The van der Waals surface area contributed by atoms with Gasteiger partial charge in [-0.2, -0.15) is 8.42 Å². The molecule has 0 spiro atoms. The molecule has 0 radical (unpaired) electrons. The van der Waals surface area contributed by atoms with Crippen LogP contribution in [0.4, 0.5) is 0 Å². The minimum atomic E-state index is -3.81. The van der Waals surface area contributed by atoms with Crippen LogP contribution >= 0.6 is 0 Å². The zero-order chi connectivity index (χ0) is 15.3. The summed E-state index contributed by atoms with van der Waals surface area (Å²) in [6, 6.07) is 2.99. The number of benzene rings is 1. The van der Waals surface area contributed by atoms with E-state index < -0.39 is 33.2 Å². The van der Waals surface area contributed by atoms with Crippen molar-refractivity contribution in [1.82, 2.24) is 0 Å². The summed E-state index contributed by atoms with van der Waals surface area (Å²) in [4.78, 5) is 21.8. The molecule has 1 aromatic carbocycles. The molecule has 0 saturated heterocycles. The molecule has 7 nitrogen and oxygen atoms in total. The first kappa shape index (κ1) is 16.0. The maximum absolute atomic E-state index is 11.6. The van der Waals surface area contributed by atoms with Crippen molar-refractivity contribution < 1.29 is 32.4 Å². The molecule has 1 aromatic rings. The fraction of sp³-hybridized carbons (Fsp3) is 0.333. The largest absolute Gasteiger partial charge is 0.478 e. The number of aromatic carboxylic acids is 2. The van der Waals surface area contributed by atoms with Gasteiger partial charge < -0.3 is 14.4 Å². The third-order valence-electron chi connectivity index (χ3n) is 2.42. The minimum Gasteiger partial charge on any atom is -0.478 e. The van der Waals surface area contributed by atoms with Crippen molar-refractivity contribution in [3.8, 4) is 5.75 Å². The summed E-state index contributed by atoms with van der Waals surface area (Å²) >= 11 is 0. The Hall–Kier alpha value is -2.09. The normalized spacial score (nSPS) is 11.1. The fourth-order valence-electron chi connectivity index (χ4n) is 1.45. The molecule has 0 bridgehead atoms. The van der Waals surface area contributed by atoms with E-state index in [9.17, 15) is 18.0 Å². The van der Waals surface area contributed by atoms with E-state index in [1.165, 1.54) is 0 Å². The fourth-order valence-corrected chi connectivity index (χ4v) is 2.57. The lowest BCUT2D eigenvalue weighted by atomic mass is 10.1. The highest BCUT2D eigenvalue weighted by atomic mass is 32.2. The number of carboxylic acids is 2. The Balaban J connectivity index is 3.07. The third-order valence-corrected chi connectivity index (χ3v) is 3.66. The van der Waals surface area contributed by atoms with Crippen molar-refractivity contribution in [3.05, 3.63) is 29.3 Å². The van der Waals surface area contributed by atoms with Gasteiger partial charge in [-0.15, -0.1) is 0 Å². The summed E-state index contributed by atoms with van der Waals surface area (Å²) < 4.78 is 27.9. The molecule has 20 heavy (non-hydrogen) atoms. The first-order valence-corrected chi connectivity index (χ1v) is 7.37. The molecule has 2 N–H and O–H groups in total. The van der Waals surface area contributed by atoms with Gasteiger partial charge in [0.1, 0.15) is 5.75 Å². The maximum Gasteiger partial charge on any atom is 0.336 e. The van der Waals surface area contributed by atoms with Crippen LogP contribution in [0.3, 0.4) is 0 Å². The summed E-state index contributed by atoms with van der Waals surface area (Å²) in [5.74, 6) is -3.29. The number of rotatable bonds is 7. The Labute approximate surface area is 115 Å². The van der Waals surface area contributed by atoms with E-state index in [1.54, 1.807) is 0 Å². The molecule has 1 rings (SSSR count). The van der Waals surface area contributed by atoms with Gasteiger partial charge in [-0.1, -0.05) is 13.3 Å². The van der Waals surface area contributed by atoms with Gasteiger partial charge in [0.2, 0.25) is 0 Å². The molecule has 0 aromatic heterocycles. The van der Waals surface area contributed by atoms with Gasteiger partial charge >= 0.3 is 22.1 Å². The summed E-state index contributed by atoms with van der Waals surface area (Å²) in [5.41, 5.74) is -0.962. The van der Waals surface area contributed by atoms with Crippen molar-refractivity contribution in [1.29, 1.82) is 0 Å². The Kier molecular flexibility index (Phi) is 5.09. The molecule has 0 fully saturated rings. The summed E-state index contributed by atoms with van der Waals surface area (Å²) in [5, 5.41) is 17.7. The lowest BCUT2D eigenvalue weighted by Gasteiger charge is -2.08. The summed E-state index contributed by atoms with van der Waals surface area (Å²) in [7, 11) is -3.81. The monoisotopic (exact) mass is 302 g/mol. The second-order valence-electron chi connectivity index (χ2n) is 4.02. The summed E-state index contributed by atoms with van der Waals surface area (Å²) in [6.45, 7) is 1.82. The lowest BCUT2D eigenvalue weighted by molar-refractivity contribution is 0.0651. The van der Waals surface area contributed by atoms with E-state index >= 15 is 0 Å². The molecule has 0 unspecified atom stereocenters. The topological polar surface area (TPSA) is 118 Å². The third kappa shape index (κ3) is 4.23. The van der Waals surface area contributed by atoms with Crippen molar-refractivity contribution in [2.75, 3.05) is 5.75 Å². The van der Waals surface area contributed by atoms with Crippen molar-refractivity contribution in [2.24, 2.45) is 0 Å². The second-order valence-corrected chi connectivity index (χ2v) is 5.71. The Morgan fingerprint density at radius 2 is 1.75 bits per heavy atom. The summed E-state index contributed by atoms with van der Waals surface area (Å²) in [6.07, 6.45) is 1.09. The lowest BCUT2D eigenvalue weighted by Crippen LogP contribution is -2.15. The van der Waals surface area contributed by atoms with Crippen LogP contribution in [0.5, 0.6) is 5.75 Å². The average Bonchev–Trinajstić information content (AvgIpc) is 2.35. The predicted molar refractivity (Wildman–Crippen MR) is 69.7 cm³/mol. The van der Waals surface area contributed by atoms with E-state index in [1.807, 2.05) is 6.92 Å². The molecule has 0 aliphatic carbocycles. The van der Waals surface area contributed by atoms with Gasteiger partial charge in [0.05, 0.1) is 16.9 Å². The molecule has 110 valence electrons. The number of hydrogen-bond acceptors (Lipinski definition) is 5. The smallest absolute Gasteiger partial charge is 0.336 e. The number of unbranched alkanes of at least 4 members (excludes halogenated alkanes) is 1. The Morgan fingerprint density at radius 3 is 2.25 bits per heavy atom. The second kappa shape index (κ2) is 6.38. The van der Waals surface area contributed by atoms with Gasteiger partial charge in [-0.25, -0.2) is 9.59 Å². The Bertz CT molecular complexity index is 619. The van der Waals surface area contributed by atoms with Crippen LogP contribution < -0.4 is 4.18 Å². The van der Waals surface area contributed by atoms with Gasteiger partial charge in [0.15, 0.2) is 0 Å². The highest BCUT2D eigenvalue weighted by molar-refractivity contribution is 7.87. The quantitative estimate of drug-likeness (QED) is 0.734. The van der Waals surface area contributed by atoms with Crippen LogP contribution in [-0.2, 0) is 10.1 Å². The molecule has 8 heteroatoms. The SMILES string of the molecule is CCCCS(=O)(=O)Oc1ccc(C(=O)O)c(C(=O)O)c1. The standard InChI is InChI=1S/C12H14O7S/c1-2-3-6-20(17,18)19-8-4-5-9(11(13)14)10(7-8)12(15)16/h4-5,7H,2-3,6H2,1H3,(H,13,14)(H,15,16). The first-order chi connectivity index (χ1) is 9.26. The minimum absolute atomic E-state index is 0.188. The van der Waals surface area contributed by atoms with Crippen LogP contribution in [0.2, 0.25) is 0 Å². The van der Waals surface area contributed by atoms with E-state index in [2.05, 4.69) is 0 Å². The molecule has 0 saturated carbocycles. The molecule has 0 aliphatic heterocycles. The molecule has 0 aliphatic rings. The van der Waals surface area contributed by atoms with Crippen molar-refractivity contribution >= 4 is 22.1 Å². The molecular weight excluding hydrogens is 288 g/mol. The van der Waals surface area contributed by atoms with Crippen molar-refractivity contribution in [2.45, 2.75) is 19.8 Å². The van der Waals surface area contributed by atoms with Gasteiger partial charge in [-0.05, 0) is 24.6 Å². The highest BCUT2D eigenvalue weighted by Crippen LogP contribution is 2.20. The van der Waals surface area contributed by atoms with E-state index in [-0.39, 0.29) is 11.5 Å². The average molecular weight is 302 g/mol. The molecule has 0 atom stereocenters. The maximum atomic E-state index is 11.6. The number of carbonyl (C=O) groups is 2. The van der Waals surface area contributed by atoms with Gasteiger partial charge in [0.25, 0.3) is 0 Å². The molecule has 0 amide bonds. The van der Waals surface area contributed by atoms with Crippen LogP contribution in [0.1, 0.15) is 40.5 Å². The van der Waals surface area contributed by atoms with Crippen LogP contribution in [0, 0.1) is 0 Å². The van der Waals surface area contributed by atoms with E-state index in [0.29, 0.717) is 12.8 Å². The highest BCUT2D eigenvalue weighted by Gasteiger charge is 2.19. The zero-order valence-electron chi connectivity index (χ0n) is 10.7. The zero-order valence-corrected chi connectivity index (χ0v) is 11.5. The van der Waals surface area contributed by atoms with Crippen molar-refractivity contribution in [3.63, 3.8) is 0 Å². The van der Waals surface area contributed by atoms with Crippen LogP contribution in [0.15, 0.2) is 18.2 Å². The van der Waals surface area contributed by atoms with Gasteiger partial charge in [-0.3, -0.25) is 0 Å². The molecule has 0 heterocycles. The Morgan fingerprint density at radius 1 is 1.15 bits per heavy atom. The van der Waals surface area contributed by atoms with E-state index in [4.69, 9.17) is 14.4 Å². The number of carboxylic acid groups (broad SMARTS) is 2.